The van der Waals surface area contributed by atoms with Crippen LogP contribution in [-0.4, -0.2) is 23.9 Å². The molecule has 0 bridgehead atoms. The third-order valence-corrected chi connectivity index (χ3v) is 5.17. The molecular formula is C15H26O2. The number of hydrogen-bond donors (Lipinski definition) is 0. The molecule has 0 aromatic carbocycles. The van der Waals surface area contributed by atoms with Gasteiger partial charge in [0.05, 0.1) is 23.9 Å². The molecule has 4 atom stereocenters. The summed E-state index contributed by atoms with van der Waals surface area (Å²) >= 11 is 0. The molecule has 1 aliphatic carbocycles. The zero-order chi connectivity index (χ0) is 12.1. The molecule has 0 N–H and O–H groups in total. The molecule has 2 heterocycles. The first-order valence-electron chi connectivity index (χ1n) is 7.39. The normalized spacial score (nSPS) is 48.7. The first-order chi connectivity index (χ1) is 8.07. The van der Waals surface area contributed by atoms with Gasteiger partial charge in [0.25, 0.3) is 0 Å². The molecule has 3 fully saturated rings. The van der Waals surface area contributed by atoms with E-state index in [4.69, 9.17) is 9.47 Å². The summed E-state index contributed by atoms with van der Waals surface area (Å²) in [4.78, 5) is 0. The Labute approximate surface area is 105 Å². The molecule has 2 nitrogen and oxygen atoms in total. The predicted octanol–water partition coefficient (Wildman–Crippen LogP) is 3.54. The second-order valence-electron chi connectivity index (χ2n) is 6.91. The summed E-state index contributed by atoms with van der Waals surface area (Å²) in [5.74, 6) is 1.46. The van der Waals surface area contributed by atoms with E-state index >= 15 is 0 Å². The van der Waals surface area contributed by atoms with Crippen molar-refractivity contribution < 1.29 is 9.47 Å². The van der Waals surface area contributed by atoms with Crippen molar-refractivity contribution in [2.45, 2.75) is 76.6 Å². The highest BCUT2D eigenvalue weighted by Gasteiger charge is 2.67. The van der Waals surface area contributed by atoms with Gasteiger partial charge in [-0.05, 0) is 38.5 Å². The molecule has 17 heavy (non-hydrogen) atoms. The monoisotopic (exact) mass is 238 g/mol. The number of hydrogen-bond acceptors (Lipinski definition) is 2. The number of rotatable bonds is 4. The number of ether oxygens (including phenoxy) is 2. The molecular weight excluding hydrogens is 212 g/mol. The highest BCUT2D eigenvalue weighted by Crippen LogP contribution is 2.58. The average Bonchev–Trinajstić information content (AvgIpc) is 3.17. The number of epoxide rings is 2. The van der Waals surface area contributed by atoms with Crippen LogP contribution in [0.15, 0.2) is 0 Å². The first kappa shape index (κ1) is 12.0. The van der Waals surface area contributed by atoms with Crippen LogP contribution in [0.4, 0.5) is 0 Å². The van der Waals surface area contributed by atoms with E-state index in [0.29, 0.717) is 12.0 Å². The Hall–Kier alpha value is -0.0800. The van der Waals surface area contributed by atoms with E-state index in [1.54, 1.807) is 0 Å². The van der Waals surface area contributed by atoms with Crippen LogP contribution in [0.1, 0.15) is 59.3 Å². The maximum absolute atomic E-state index is 6.09. The van der Waals surface area contributed by atoms with Gasteiger partial charge in [0.15, 0.2) is 0 Å². The summed E-state index contributed by atoms with van der Waals surface area (Å²) in [6.45, 7) is 7.92. The topological polar surface area (TPSA) is 25.1 Å². The standard InChI is InChI=1S/C15H26O2/c1-11(2)7-8-13-14(3,17-13)12-6-4-5-9-15(12)10-16-15/h11-13H,4-10H2,1-3H3. The molecule has 98 valence electrons. The van der Waals surface area contributed by atoms with Crippen LogP contribution in [0.2, 0.25) is 0 Å². The van der Waals surface area contributed by atoms with Crippen molar-refractivity contribution in [1.82, 2.24) is 0 Å². The molecule has 2 aliphatic heterocycles. The summed E-state index contributed by atoms with van der Waals surface area (Å²) in [7, 11) is 0. The van der Waals surface area contributed by atoms with Gasteiger partial charge in [-0.2, -0.15) is 0 Å². The summed E-state index contributed by atoms with van der Waals surface area (Å²) in [6, 6.07) is 0. The van der Waals surface area contributed by atoms with Crippen molar-refractivity contribution in [3.05, 3.63) is 0 Å². The third kappa shape index (κ3) is 2.04. The van der Waals surface area contributed by atoms with Gasteiger partial charge in [-0.1, -0.05) is 26.7 Å². The maximum Gasteiger partial charge on any atom is 0.0976 e. The van der Waals surface area contributed by atoms with Crippen molar-refractivity contribution in [2.24, 2.45) is 11.8 Å². The fraction of sp³-hybridized carbons (Fsp3) is 1.00. The lowest BCUT2D eigenvalue weighted by molar-refractivity contribution is 0.0886. The molecule has 1 spiro atoms. The molecule has 0 radical (unpaired) electrons. The second-order valence-corrected chi connectivity index (χ2v) is 6.91. The Balaban J connectivity index is 1.61. The van der Waals surface area contributed by atoms with Gasteiger partial charge >= 0.3 is 0 Å². The van der Waals surface area contributed by atoms with Crippen molar-refractivity contribution in [3.63, 3.8) is 0 Å². The molecule has 4 unspecified atom stereocenters. The molecule has 0 aromatic heterocycles. The summed E-state index contributed by atoms with van der Waals surface area (Å²) < 4.78 is 11.9. The predicted molar refractivity (Wildman–Crippen MR) is 68.0 cm³/mol. The third-order valence-electron chi connectivity index (χ3n) is 5.17. The Morgan fingerprint density at radius 3 is 2.71 bits per heavy atom. The Morgan fingerprint density at radius 2 is 2.06 bits per heavy atom. The average molecular weight is 238 g/mol. The van der Waals surface area contributed by atoms with Gasteiger partial charge in [0.2, 0.25) is 0 Å². The maximum atomic E-state index is 6.09. The van der Waals surface area contributed by atoms with Gasteiger partial charge in [-0.3, -0.25) is 0 Å². The summed E-state index contributed by atoms with van der Waals surface area (Å²) in [5.41, 5.74) is 0.380. The van der Waals surface area contributed by atoms with Crippen LogP contribution in [0.5, 0.6) is 0 Å². The fourth-order valence-corrected chi connectivity index (χ4v) is 3.87. The minimum absolute atomic E-state index is 0.145. The lowest BCUT2D eigenvalue weighted by Gasteiger charge is -2.32. The molecule has 3 rings (SSSR count). The van der Waals surface area contributed by atoms with Crippen LogP contribution in [-0.2, 0) is 9.47 Å². The highest BCUT2D eigenvalue weighted by atomic mass is 16.6. The lowest BCUT2D eigenvalue weighted by Crippen LogP contribution is -2.39. The zero-order valence-corrected chi connectivity index (χ0v) is 11.5. The molecule has 1 saturated carbocycles. The Bertz CT molecular complexity index is 295. The van der Waals surface area contributed by atoms with E-state index < -0.39 is 0 Å². The van der Waals surface area contributed by atoms with E-state index in [2.05, 4.69) is 20.8 Å². The van der Waals surface area contributed by atoms with Crippen molar-refractivity contribution in [1.29, 1.82) is 0 Å². The molecule has 2 heteroatoms. The van der Waals surface area contributed by atoms with E-state index in [1.807, 2.05) is 0 Å². The van der Waals surface area contributed by atoms with E-state index in [9.17, 15) is 0 Å². The highest BCUT2D eigenvalue weighted by molar-refractivity contribution is 5.15. The van der Waals surface area contributed by atoms with Crippen LogP contribution in [0.25, 0.3) is 0 Å². The smallest absolute Gasteiger partial charge is 0.0976 e. The van der Waals surface area contributed by atoms with Crippen molar-refractivity contribution >= 4 is 0 Å². The summed E-state index contributed by atoms with van der Waals surface area (Å²) in [6.07, 6.45) is 8.34. The largest absolute Gasteiger partial charge is 0.369 e. The molecule has 2 saturated heterocycles. The Morgan fingerprint density at radius 1 is 1.29 bits per heavy atom. The van der Waals surface area contributed by atoms with Crippen LogP contribution < -0.4 is 0 Å². The zero-order valence-electron chi connectivity index (χ0n) is 11.5. The van der Waals surface area contributed by atoms with E-state index in [0.717, 1.165) is 12.5 Å². The SMILES string of the molecule is CC(C)CCC1OC1(C)C1CCCCC12CO2. The van der Waals surface area contributed by atoms with Crippen molar-refractivity contribution in [2.75, 3.05) is 6.61 Å². The lowest BCUT2D eigenvalue weighted by atomic mass is 9.71. The van der Waals surface area contributed by atoms with Gasteiger partial charge in [0, 0.05) is 5.92 Å². The summed E-state index contributed by atoms with van der Waals surface area (Å²) in [5, 5.41) is 0. The van der Waals surface area contributed by atoms with Gasteiger partial charge in [0.1, 0.15) is 0 Å². The molecule has 0 amide bonds. The van der Waals surface area contributed by atoms with Crippen LogP contribution in [0.3, 0.4) is 0 Å². The van der Waals surface area contributed by atoms with Gasteiger partial charge in [-0.25, -0.2) is 0 Å². The van der Waals surface area contributed by atoms with Gasteiger partial charge in [-0.15, -0.1) is 0 Å². The molecule has 0 aromatic rings. The van der Waals surface area contributed by atoms with Crippen molar-refractivity contribution in [3.8, 4) is 0 Å². The van der Waals surface area contributed by atoms with E-state index in [-0.39, 0.29) is 11.2 Å². The Kier molecular flexibility index (Phi) is 2.79. The quantitative estimate of drug-likeness (QED) is 0.700. The minimum Gasteiger partial charge on any atom is -0.369 e. The minimum atomic E-state index is 0.145. The molecule has 3 aliphatic rings. The van der Waals surface area contributed by atoms with Crippen LogP contribution in [0, 0.1) is 11.8 Å². The van der Waals surface area contributed by atoms with Gasteiger partial charge < -0.3 is 9.47 Å². The van der Waals surface area contributed by atoms with E-state index in [1.165, 1.54) is 38.5 Å². The second kappa shape index (κ2) is 3.96. The fourth-order valence-electron chi connectivity index (χ4n) is 3.87. The first-order valence-corrected chi connectivity index (χ1v) is 7.39. The van der Waals surface area contributed by atoms with Crippen LogP contribution >= 0.6 is 0 Å².